The first-order valence-electron chi connectivity index (χ1n) is 13.3. The average Bonchev–Trinajstić information content (AvgIpc) is 3.42. The molecule has 0 aliphatic carbocycles. The van der Waals surface area contributed by atoms with E-state index in [1.807, 2.05) is 0 Å². The lowest BCUT2D eigenvalue weighted by Gasteiger charge is -2.29. The van der Waals surface area contributed by atoms with Gasteiger partial charge >= 0.3 is 17.9 Å². The van der Waals surface area contributed by atoms with Crippen molar-refractivity contribution < 1.29 is 58.8 Å². The van der Waals surface area contributed by atoms with Gasteiger partial charge in [0.1, 0.15) is 29.9 Å². The van der Waals surface area contributed by atoms with Crippen LogP contribution in [0.25, 0.3) is 0 Å². The minimum atomic E-state index is -1.76. The van der Waals surface area contributed by atoms with Crippen molar-refractivity contribution in [1.29, 1.82) is 0 Å². The second kappa shape index (κ2) is 15.8. The third-order valence-electron chi connectivity index (χ3n) is 6.59. The topological polar surface area (TPSA) is 309 Å². The number of likely N-dealkylation sites (tertiary alicyclic amines) is 1. The summed E-state index contributed by atoms with van der Waals surface area (Å²) in [6.45, 7) is -0.0558. The van der Waals surface area contributed by atoms with E-state index >= 15 is 0 Å². The highest BCUT2D eigenvalue weighted by atomic mass is 16.4. The van der Waals surface area contributed by atoms with Crippen LogP contribution >= 0.6 is 0 Å². The van der Waals surface area contributed by atoms with Crippen molar-refractivity contribution in [2.75, 3.05) is 6.54 Å². The maximum Gasteiger partial charge on any atom is 0.326 e. The number of carbonyl (C=O) groups is 8. The Hall–Kier alpha value is -5.26. The third-order valence-corrected chi connectivity index (χ3v) is 6.59. The predicted molar refractivity (Wildman–Crippen MR) is 146 cm³/mol. The van der Waals surface area contributed by atoms with Crippen molar-refractivity contribution in [3.63, 3.8) is 0 Å². The molecular formula is C26H34N6O12. The Labute approximate surface area is 249 Å². The molecule has 1 saturated heterocycles. The van der Waals surface area contributed by atoms with Crippen molar-refractivity contribution in [3.05, 3.63) is 29.8 Å². The second-order valence-electron chi connectivity index (χ2n) is 10.1. The fraction of sp³-hybridized carbons (Fsp3) is 0.462. The zero-order valence-electron chi connectivity index (χ0n) is 23.3. The Morgan fingerprint density at radius 2 is 1.39 bits per heavy atom. The van der Waals surface area contributed by atoms with E-state index < -0.39 is 96.9 Å². The SMILES string of the molecule is NC(=O)C[C@H](N)C(=O)N[C@@H](CC(=O)O)C(=O)N1CCC[C@H]1C(=O)N[C@@H](CC(=O)O)C(=O)N[C@@H](Cc1ccc(O)cc1)C(=O)O. The zero-order chi connectivity index (χ0) is 33.1. The predicted octanol–water partition coefficient (Wildman–Crippen LogP) is -3.38. The van der Waals surface area contributed by atoms with Gasteiger partial charge in [-0.25, -0.2) is 4.79 Å². The molecule has 1 aliphatic heterocycles. The van der Waals surface area contributed by atoms with Gasteiger partial charge in [-0.3, -0.25) is 33.6 Å². The van der Waals surface area contributed by atoms with E-state index in [0.717, 1.165) is 4.90 Å². The van der Waals surface area contributed by atoms with Crippen LogP contribution in [0.2, 0.25) is 0 Å². The number of nitrogens with one attached hydrogen (secondary N) is 3. The van der Waals surface area contributed by atoms with Crippen LogP contribution in [0.5, 0.6) is 5.75 Å². The van der Waals surface area contributed by atoms with Gasteiger partial charge in [-0.15, -0.1) is 0 Å². The highest BCUT2D eigenvalue weighted by molar-refractivity contribution is 5.98. The molecular weight excluding hydrogens is 588 g/mol. The molecule has 0 unspecified atom stereocenters. The van der Waals surface area contributed by atoms with Crippen molar-refractivity contribution in [2.24, 2.45) is 11.5 Å². The van der Waals surface area contributed by atoms with Gasteiger partial charge < -0.3 is 52.7 Å². The lowest BCUT2D eigenvalue weighted by atomic mass is 10.0. The average molecular weight is 623 g/mol. The summed E-state index contributed by atoms with van der Waals surface area (Å²) in [5.41, 5.74) is 11.0. The zero-order valence-corrected chi connectivity index (χ0v) is 23.3. The number of aromatic hydroxyl groups is 1. The number of carboxylic acid groups (broad SMARTS) is 3. The largest absolute Gasteiger partial charge is 0.508 e. The Morgan fingerprint density at radius 3 is 1.93 bits per heavy atom. The summed E-state index contributed by atoms with van der Waals surface area (Å²) in [6.07, 6.45) is -2.38. The van der Waals surface area contributed by atoms with Gasteiger partial charge in [0.2, 0.25) is 29.5 Å². The van der Waals surface area contributed by atoms with Gasteiger partial charge in [0.25, 0.3) is 0 Å². The Morgan fingerprint density at radius 1 is 0.818 bits per heavy atom. The van der Waals surface area contributed by atoms with E-state index in [-0.39, 0.29) is 31.6 Å². The Kier molecular flexibility index (Phi) is 12.6. The number of carbonyl (C=O) groups excluding carboxylic acids is 5. The Bertz CT molecular complexity index is 1290. The normalized spacial score (nSPS) is 16.9. The summed E-state index contributed by atoms with van der Waals surface area (Å²) in [7, 11) is 0. The first kappa shape index (κ1) is 34.9. The number of hydrogen-bond acceptors (Lipinski definition) is 10. The molecule has 5 atom stereocenters. The number of rotatable bonds is 16. The maximum absolute atomic E-state index is 13.3. The van der Waals surface area contributed by atoms with Crippen LogP contribution in [-0.2, 0) is 44.8 Å². The van der Waals surface area contributed by atoms with Gasteiger partial charge in [-0.1, -0.05) is 12.1 Å². The molecule has 1 aliphatic rings. The standard InChI is InChI=1S/C26H34N6O12/c27-14(9-19(28)34)22(39)30-16(11-21(37)38)25(42)32-7-1-2-18(32)24(41)29-15(10-20(35)36)23(40)31-17(26(43)44)8-12-3-5-13(33)6-4-12/h3-6,14-18,33H,1-2,7-11,27H2,(H2,28,34)(H,29,41)(H,30,39)(H,31,40)(H,35,36)(H,37,38)(H,43,44)/t14-,15-,16-,17-,18-/m0/s1. The molecule has 1 aromatic carbocycles. The van der Waals surface area contributed by atoms with Crippen molar-refractivity contribution in [3.8, 4) is 5.75 Å². The number of benzene rings is 1. The molecule has 18 heteroatoms. The van der Waals surface area contributed by atoms with E-state index in [1.54, 1.807) is 0 Å². The van der Waals surface area contributed by atoms with Crippen LogP contribution in [0, 0.1) is 0 Å². The number of primary amides is 1. The summed E-state index contributed by atoms with van der Waals surface area (Å²) in [4.78, 5) is 98.5. The van der Waals surface area contributed by atoms with Crippen LogP contribution in [0.4, 0.5) is 0 Å². The molecule has 0 bridgehead atoms. The first-order chi connectivity index (χ1) is 20.6. The van der Waals surface area contributed by atoms with E-state index in [9.17, 15) is 58.8 Å². The molecule has 44 heavy (non-hydrogen) atoms. The van der Waals surface area contributed by atoms with Gasteiger partial charge in [-0.2, -0.15) is 0 Å². The summed E-state index contributed by atoms with van der Waals surface area (Å²) >= 11 is 0. The lowest BCUT2D eigenvalue weighted by molar-refractivity contribution is -0.146. The number of nitrogens with two attached hydrogens (primary N) is 2. The number of hydrogen-bond donors (Lipinski definition) is 9. The highest BCUT2D eigenvalue weighted by Crippen LogP contribution is 2.20. The molecule has 0 saturated carbocycles. The van der Waals surface area contributed by atoms with E-state index in [1.165, 1.54) is 24.3 Å². The molecule has 0 aromatic heterocycles. The maximum atomic E-state index is 13.3. The minimum Gasteiger partial charge on any atom is -0.508 e. The first-order valence-corrected chi connectivity index (χ1v) is 13.3. The number of phenols is 1. The summed E-state index contributed by atoms with van der Waals surface area (Å²) in [5.74, 6) is -9.57. The number of amides is 5. The van der Waals surface area contributed by atoms with E-state index in [2.05, 4.69) is 16.0 Å². The number of carboxylic acids is 3. The molecule has 5 amide bonds. The second-order valence-corrected chi connectivity index (χ2v) is 10.1. The molecule has 2 rings (SSSR count). The lowest BCUT2D eigenvalue weighted by Crippen LogP contribution is -2.58. The molecule has 11 N–H and O–H groups in total. The molecule has 1 fully saturated rings. The van der Waals surface area contributed by atoms with Gasteiger partial charge in [0.05, 0.1) is 25.3 Å². The molecule has 0 spiro atoms. The van der Waals surface area contributed by atoms with Gasteiger partial charge in [-0.05, 0) is 30.5 Å². The fourth-order valence-corrected chi connectivity index (χ4v) is 4.46. The van der Waals surface area contributed by atoms with Crippen molar-refractivity contribution >= 4 is 47.4 Å². The van der Waals surface area contributed by atoms with Gasteiger partial charge in [0, 0.05) is 13.0 Å². The van der Waals surface area contributed by atoms with Crippen molar-refractivity contribution in [2.45, 2.75) is 68.7 Å². The number of phenolic OH excluding ortho intramolecular Hbond substituents is 1. The van der Waals surface area contributed by atoms with E-state index in [0.29, 0.717) is 5.56 Å². The van der Waals surface area contributed by atoms with Crippen LogP contribution in [-0.4, -0.2) is 110 Å². The number of aliphatic carboxylic acids is 3. The monoisotopic (exact) mass is 622 g/mol. The van der Waals surface area contributed by atoms with E-state index in [4.69, 9.17) is 11.5 Å². The van der Waals surface area contributed by atoms with Crippen LogP contribution in [0.1, 0.15) is 37.7 Å². The third kappa shape index (κ3) is 10.5. The molecule has 18 nitrogen and oxygen atoms in total. The molecule has 0 radical (unpaired) electrons. The quantitative estimate of drug-likeness (QED) is 0.0870. The molecule has 1 heterocycles. The highest BCUT2D eigenvalue weighted by Gasteiger charge is 2.40. The fourth-order valence-electron chi connectivity index (χ4n) is 4.46. The molecule has 1 aromatic rings. The van der Waals surface area contributed by atoms with Gasteiger partial charge in [0.15, 0.2) is 0 Å². The molecule has 240 valence electrons. The Balaban J connectivity index is 2.19. The van der Waals surface area contributed by atoms with Crippen LogP contribution < -0.4 is 27.4 Å². The minimum absolute atomic E-state index is 0.0342. The summed E-state index contributed by atoms with van der Waals surface area (Å²) in [6, 6.07) is -2.32. The van der Waals surface area contributed by atoms with Crippen LogP contribution in [0.3, 0.4) is 0 Å². The summed E-state index contributed by atoms with van der Waals surface area (Å²) in [5, 5.41) is 44.2. The summed E-state index contributed by atoms with van der Waals surface area (Å²) < 4.78 is 0. The number of nitrogens with zero attached hydrogens (tertiary/aromatic N) is 1. The smallest absolute Gasteiger partial charge is 0.326 e. The van der Waals surface area contributed by atoms with Crippen LogP contribution in [0.15, 0.2) is 24.3 Å². The van der Waals surface area contributed by atoms with Crippen molar-refractivity contribution in [1.82, 2.24) is 20.9 Å².